The molecular formula is C19H21NO4. The lowest BCUT2D eigenvalue weighted by molar-refractivity contribution is -0.118. The number of hydrogen-bond donors (Lipinski definition) is 1. The molecule has 5 heteroatoms. The second-order valence-corrected chi connectivity index (χ2v) is 5.40. The van der Waals surface area contributed by atoms with E-state index < -0.39 is 0 Å². The third-order valence-corrected chi connectivity index (χ3v) is 3.38. The van der Waals surface area contributed by atoms with Gasteiger partial charge in [-0.05, 0) is 62.2 Å². The Kier molecular flexibility index (Phi) is 5.95. The van der Waals surface area contributed by atoms with Crippen molar-refractivity contribution in [3.05, 3.63) is 59.2 Å². The molecule has 2 rings (SSSR count). The van der Waals surface area contributed by atoms with Crippen LogP contribution in [0.4, 0.5) is 5.69 Å². The number of rotatable bonds is 6. The monoisotopic (exact) mass is 327 g/mol. The van der Waals surface area contributed by atoms with Gasteiger partial charge in [-0.1, -0.05) is 12.1 Å². The van der Waals surface area contributed by atoms with E-state index >= 15 is 0 Å². The fourth-order valence-corrected chi connectivity index (χ4v) is 2.11. The maximum absolute atomic E-state index is 12.0. The van der Waals surface area contributed by atoms with Gasteiger partial charge in [0, 0.05) is 5.69 Å². The van der Waals surface area contributed by atoms with Crippen molar-refractivity contribution >= 4 is 17.6 Å². The summed E-state index contributed by atoms with van der Waals surface area (Å²) in [6.45, 7) is 5.90. The van der Waals surface area contributed by atoms with Crippen LogP contribution in [0.3, 0.4) is 0 Å². The van der Waals surface area contributed by atoms with Crippen LogP contribution < -0.4 is 10.1 Å². The van der Waals surface area contributed by atoms with Crippen LogP contribution in [0.25, 0.3) is 0 Å². The quantitative estimate of drug-likeness (QED) is 0.825. The number of carbonyl (C=O) groups excluding carboxylic acids is 2. The normalized spacial score (nSPS) is 10.1. The summed E-state index contributed by atoms with van der Waals surface area (Å²) in [6.07, 6.45) is 0. The molecule has 0 heterocycles. The molecule has 0 atom stereocenters. The molecule has 2 aromatic carbocycles. The summed E-state index contributed by atoms with van der Waals surface area (Å²) < 4.78 is 10.5. The number of ether oxygens (including phenoxy) is 2. The molecule has 0 aliphatic rings. The standard InChI is InChI=1S/C19H21NO4/c1-4-23-19(22)15-7-9-16(10-8-15)20-18(21)12-24-17-11-13(2)5-6-14(17)3/h5-11H,4,12H2,1-3H3,(H,20,21). The van der Waals surface area contributed by atoms with Crippen molar-refractivity contribution in [2.45, 2.75) is 20.8 Å². The maximum Gasteiger partial charge on any atom is 0.338 e. The van der Waals surface area contributed by atoms with Crippen LogP contribution in [0.15, 0.2) is 42.5 Å². The Morgan fingerprint density at radius 2 is 1.75 bits per heavy atom. The first kappa shape index (κ1) is 17.5. The minimum absolute atomic E-state index is 0.0794. The van der Waals surface area contributed by atoms with Crippen LogP contribution in [0, 0.1) is 13.8 Å². The topological polar surface area (TPSA) is 64.6 Å². The Morgan fingerprint density at radius 1 is 1.04 bits per heavy atom. The molecule has 0 spiro atoms. The highest BCUT2D eigenvalue weighted by atomic mass is 16.5. The Morgan fingerprint density at radius 3 is 2.42 bits per heavy atom. The van der Waals surface area contributed by atoms with Crippen molar-refractivity contribution in [3.8, 4) is 5.75 Å². The molecular weight excluding hydrogens is 306 g/mol. The fourth-order valence-electron chi connectivity index (χ4n) is 2.11. The summed E-state index contributed by atoms with van der Waals surface area (Å²) in [7, 11) is 0. The number of aryl methyl sites for hydroxylation is 2. The van der Waals surface area contributed by atoms with Crippen molar-refractivity contribution in [1.29, 1.82) is 0 Å². The van der Waals surface area contributed by atoms with E-state index in [0.29, 0.717) is 23.6 Å². The average Bonchev–Trinajstić information content (AvgIpc) is 2.56. The third-order valence-electron chi connectivity index (χ3n) is 3.38. The summed E-state index contributed by atoms with van der Waals surface area (Å²) in [5.74, 6) is 0.0521. The Hall–Kier alpha value is -2.82. The molecule has 0 saturated heterocycles. The van der Waals surface area contributed by atoms with Crippen LogP contribution in [0.5, 0.6) is 5.75 Å². The number of anilines is 1. The number of hydrogen-bond acceptors (Lipinski definition) is 4. The molecule has 0 unspecified atom stereocenters. The predicted octanol–water partition coefficient (Wildman–Crippen LogP) is 3.50. The number of carbonyl (C=O) groups is 2. The van der Waals surface area contributed by atoms with Gasteiger partial charge in [0.2, 0.25) is 0 Å². The molecule has 2 aromatic rings. The molecule has 0 radical (unpaired) electrons. The van der Waals surface area contributed by atoms with Gasteiger partial charge < -0.3 is 14.8 Å². The van der Waals surface area contributed by atoms with Gasteiger partial charge in [-0.3, -0.25) is 4.79 Å². The molecule has 1 amide bonds. The third kappa shape index (κ3) is 4.84. The van der Waals surface area contributed by atoms with Gasteiger partial charge in [0.1, 0.15) is 5.75 Å². The molecule has 24 heavy (non-hydrogen) atoms. The molecule has 0 saturated carbocycles. The van der Waals surface area contributed by atoms with Crippen molar-refractivity contribution < 1.29 is 19.1 Å². The molecule has 126 valence electrons. The second kappa shape index (κ2) is 8.15. The lowest BCUT2D eigenvalue weighted by Gasteiger charge is -2.10. The number of nitrogens with one attached hydrogen (secondary N) is 1. The lowest BCUT2D eigenvalue weighted by atomic mass is 10.1. The minimum Gasteiger partial charge on any atom is -0.483 e. The van der Waals surface area contributed by atoms with Gasteiger partial charge in [0.15, 0.2) is 6.61 Å². The van der Waals surface area contributed by atoms with Gasteiger partial charge in [-0.2, -0.15) is 0 Å². The highest BCUT2D eigenvalue weighted by Gasteiger charge is 2.08. The number of benzene rings is 2. The van der Waals surface area contributed by atoms with E-state index in [1.54, 1.807) is 31.2 Å². The zero-order chi connectivity index (χ0) is 17.5. The minimum atomic E-state index is -0.381. The van der Waals surface area contributed by atoms with Gasteiger partial charge in [-0.25, -0.2) is 4.79 Å². The van der Waals surface area contributed by atoms with Crippen molar-refractivity contribution in [2.24, 2.45) is 0 Å². The van der Waals surface area contributed by atoms with Gasteiger partial charge in [0.05, 0.1) is 12.2 Å². The zero-order valence-corrected chi connectivity index (χ0v) is 14.1. The summed E-state index contributed by atoms with van der Waals surface area (Å²) in [5.41, 5.74) is 3.09. The SMILES string of the molecule is CCOC(=O)c1ccc(NC(=O)COc2cc(C)ccc2C)cc1. The van der Waals surface area contributed by atoms with Crippen LogP contribution in [0.2, 0.25) is 0 Å². The molecule has 0 aromatic heterocycles. The van der Waals surface area contributed by atoms with Crippen molar-refractivity contribution in [3.63, 3.8) is 0 Å². The average molecular weight is 327 g/mol. The zero-order valence-electron chi connectivity index (χ0n) is 14.1. The number of amides is 1. The smallest absolute Gasteiger partial charge is 0.338 e. The van der Waals surface area contributed by atoms with E-state index in [9.17, 15) is 9.59 Å². The number of esters is 1. The van der Waals surface area contributed by atoms with E-state index in [2.05, 4.69) is 5.32 Å². The van der Waals surface area contributed by atoms with E-state index in [4.69, 9.17) is 9.47 Å². The van der Waals surface area contributed by atoms with E-state index in [1.807, 2.05) is 32.0 Å². The Labute approximate surface area is 141 Å². The van der Waals surface area contributed by atoms with Crippen LogP contribution in [-0.4, -0.2) is 25.1 Å². The van der Waals surface area contributed by atoms with E-state index in [0.717, 1.165) is 11.1 Å². The fraction of sp³-hybridized carbons (Fsp3) is 0.263. The first-order chi connectivity index (χ1) is 11.5. The van der Waals surface area contributed by atoms with Crippen molar-refractivity contribution in [1.82, 2.24) is 0 Å². The summed E-state index contributed by atoms with van der Waals surface area (Å²) in [5, 5.41) is 2.73. The van der Waals surface area contributed by atoms with E-state index in [1.165, 1.54) is 0 Å². The highest BCUT2D eigenvalue weighted by molar-refractivity contribution is 5.93. The molecule has 0 aliphatic carbocycles. The highest BCUT2D eigenvalue weighted by Crippen LogP contribution is 2.19. The largest absolute Gasteiger partial charge is 0.483 e. The summed E-state index contributed by atoms with van der Waals surface area (Å²) >= 11 is 0. The predicted molar refractivity (Wildman–Crippen MR) is 92.4 cm³/mol. The van der Waals surface area contributed by atoms with Gasteiger partial charge in [0.25, 0.3) is 5.91 Å². The van der Waals surface area contributed by atoms with Crippen molar-refractivity contribution in [2.75, 3.05) is 18.5 Å². The molecule has 5 nitrogen and oxygen atoms in total. The summed E-state index contributed by atoms with van der Waals surface area (Å²) in [6, 6.07) is 12.4. The lowest BCUT2D eigenvalue weighted by Crippen LogP contribution is -2.20. The maximum atomic E-state index is 12.0. The van der Waals surface area contributed by atoms with Crippen LogP contribution in [-0.2, 0) is 9.53 Å². The molecule has 0 bridgehead atoms. The Bertz CT molecular complexity index is 723. The second-order valence-electron chi connectivity index (χ2n) is 5.40. The first-order valence-corrected chi connectivity index (χ1v) is 7.76. The Balaban J connectivity index is 1.90. The summed E-state index contributed by atoms with van der Waals surface area (Å²) in [4.78, 5) is 23.5. The van der Waals surface area contributed by atoms with Crippen LogP contribution in [0.1, 0.15) is 28.4 Å². The van der Waals surface area contributed by atoms with Crippen LogP contribution >= 0.6 is 0 Å². The first-order valence-electron chi connectivity index (χ1n) is 7.76. The van der Waals surface area contributed by atoms with Gasteiger partial charge in [-0.15, -0.1) is 0 Å². The molecule has 0 fully saturated rings. The molecule has 1 N–H and O–H groups in total. The molecule has 0 aliphatic heterocycles. The van der Waals surface area contributed by atoms with E-state index in [-0.39, 0.29) is 18.5 Å². The van der Waals surface area contributed by atoms with Gasteiger partial charge >= 0.3 is 5.97 Å².